The van der Waals surface area contributed by atoms with E-state index in [1.165, 1.54) is 15.3 Å². The Balaban J connectivity index is 2.41. The summed E-state index contributed by atoms with van der Waals surface area (Å²) in [5.74, 6) is -0.604. The minimum absolute atomic E-state index is 0.103. The molecule has 0 fully saturated rings. The van der Waals surface area contributed by atoms with Crippen molar-refractivity contribution in [2.75, 3.05) is 0 Å². The van der Waals surface area contributed by atoms with Crippen LogP contribution in [0.25, 0.3) is 11.1 Å². The Hall–Kier alpha value is -0.723. The summed E-state index contributed by atoms with van der Waals surface area (Å²) in [6.07, 6.45) is 0. The molecule has 0 saturated carbocycles. The molecule has 2 rings (SSSR count). The van der Waals surface area contributed by atoms with Gasteiger partial charge in [-0.15, -0.1) is 0 Å². The Morgan fingerprint density at radius 1 is 0.941 bits per heavy atom. The first-order valence-corrected chi connectivity index (χ1v) is 7.00. The van der Waals surface area contributed by atoms with Crippen LogP contribution in [0, 0.1) is 5.82 Å². The third-order valence-electron chi connectivity index (χ3n) is 2.50. The van der Waals surface area contributed by atoms with Gasteiger partial charge in [0, 0.05) is 0 Å². The van der Waals surface area contributed by atoms with Crippen LogP contribution < -0.4 is 8.59 Å². The maximum absolute atomic E-state index is 13.6. The summed E-state index contributed by atoms with van der Waals surface area (Å²) in [5, 5.41) is 17.8. The molecule has 0 bridgehead atoms. The van der Waals surface area contributed by atoms with Crippen LogP contribution in [0.3, 0.4) is 0 Å². The van der Waals surface area contributed by atoms with Gasteiger partial charge in [-0.25, -0.2) is 0 Å². The molecule has 5 heteroatoms. The van der Waals surface area contributed by atoms with Crippen molar-refractivity contribution in [1.82, 2.24) is 0 Å². The predicted octanol–water partition coefficient (Wildman–Crippen LogP) is -0.0337. The quantitative estimate of drug-likeness (QED) is 0.668. The molecule has 0 atom stereocenters. The Morgan fingerprint density at radius 2 is 1.53 bits per heavy atom. The molecule has 0 amide bonds. The van der Waals surface area contributed by atoms with Crippen LogP contribution in [-0.4, -0.2) is 42.9 Å². The van der Waals surface area contributed by atoms with Crippen LogP contribution in [-0.2, 0) is 0 Å². The fourth-order valence-electron chi connectivity index (χ4n) is 1.58. The summed E-state index contributed by atoms with van der Waals surface area (Å²) in [6, 6.07) is 12.3. The van der Waals surface area contributed by atoms with Gasteiger partial charge in [-0.3, -0.25) is 0 Å². The van der Waals surface area contributed by atoms with E-state index in [0.717, 1.165) is 36.9 Å². The average Bonchev–Trinajstić information content (AvgIpc) is 2.29. The molecule has 0 saturated heterocycles. The van der Waals surface area contributed by atoms with Crippen LogP contribution in [0.4, 0.5) is 4.39 Å². The molecule has 0 heterocycles. The second-order valence-electron chi connectivity index (χ2n) is 3.69. The summed E-state index contributed by atoms with van der Waals surface area (Å²) < 4.78 is 14.8. The Kier molecular flexibility index (Phi) is 3.96. The van der Waals surface area contributed by atoms with Crippen LogP contribution in [0.5, 0.6) is 0 Å². The number of rotatable bonds is 2. The molecule has 0 aliphatic carbocycles. The molecule has 2 N–H and O–H groups in total. The number of halogens is 1. The number of hydrogen-bond acceptors (Lipinski definition) is 2. The zero-order valence-corrected chi connectivity index (χ0v) is 12.8. The second-order valence-corrected chi connectivity index (χ2v) is 5.93. The van der Waals surface area contributed by atoms with Crippen LogP contribution >= 0.6 is 0 Å². The van der Waals surface area contributed by atoms with Crippen molar-refractivity contribution in [3.63, 3.8) is 0 Å². The van der Waals surface area contributed by atoms with Crippen molar-refractivity contribution in [2.24, 2.45) is 0 Å². The summed E-state index contributed by atoms with van der Waals surface area (Å²) >= 11 is 0.988. The van der Waals surface area contributed by atoms with Crippen molar-refractivity contribution in [2.45, 2.75) is 0 Å². The van der Waals surface area contributed by atoms with Crippen molar-refractivity contribution in [1.29, 1.82) is 0 Å². The Bertz CT molecular complexity index is 529. The molecule has 17 heavy (non-hydrogen) atoms. The Morgan fingerprint density at radius 3 is 2.06 bits per heavy atom. The van der Waals surface area contributed by atoms with Gasteiger partial charge in [-0.1, -0.05) is 0 Å². The molecule has 2 aromatic carbocycles. The second kappa shape index (κ2) is 5.28. The first kappa shape index (κ1) is 12.7. The fourth-order valence-corrected chi connectivity index (χ4v) is 2.23. The van der Waals surface area contributed by atoms with Gasteiger partial charge in [-0.2, -0.15) is 0 Å². The summed E-state index contributed by atoms with van der Waals surface area (Å²) in [5.41, 5.74) is 1.55. The fraction of sp³-hybridized carbons (Fsp3) is 0. The number of hydrogen-bond donors (Lipinski definition) is 2. The molecule has 0 spiro atoms. The van der Waals surface area contributed by atoms with Gasteiger partial charge < -0.3 is 0 Å². The van der Waals surface area contributed by atoms with E-state index in [1.807, 2.05) is 24.3 Å². The van der Waals surface area contributed by atoms with E-state index in [-0.39, 0.29) is 5.46 Å². The summed E-state index contributed by atoms with van der Waals surface area (Å²) in [4.78, 5) is 0. The first-order valence-electron chi connectivity index (χ1n) is 5.05. The van der Waals surface area contributed by atoms with E-state index in [0.29, 0.717) is 0 Å². The zero-order valence-electron chi connectivity index (χ0n) is 8.89. The third-order valence-corrected chi connectivity index (χ3v) is 3.79. The maximum atomic E-state index is 13.6. The SMILES string of the molecule is OB(O)c1ccc(-c2cc[c]([Pb])cc2)cc1F. The molecule has 2 aromatic rings. The van der Waals surface area contributed by atoms with Gasteiger partial charge in [-0.05, 0) is 0 Å². The molecule has 3 radical (unpaired) electrons. The van der Waals surface area contributed by atoms with Crippen LogP contribution in [0.1, 0.15) is 0 Å². The molecular weight excluding hydrogens is 413 g/mol. The van der Waals surface area contributed by atoms with Crippen molar-refractivity contribution in [3.8, 4) is 11.1 Å². The topological polar surface area (TPSA) is 40.5 Å². The van der Waals surface area contributed by atoms with Crippen LogP contribution in [0.15, 0.2) is 42.5 Å². The van der Waals surface area contributed by atoms with E-state index < -0.39 is 12.9 Å². The minimum atomic E-state index is -1.77. The zero-order chi connectivity index (χ0) is 12.4. The van der Waals surface area contributed by atoms with Gasteiger partial charge in [0.05, 0.1) is 0 Å². The van der Waals surface area contributed by atoms with Crippen LogP contribution in [0.2, 0.25) is 0 Å². The summed E-state index contributed by atoms with van der Waals surface area (Å²) in [7, 11) is -1.77. The molecule has 0 unspecified atom stereocenters. The average molecular weight is 422 g/mol. The standard InChI is InChI=1S/C12H9BFO2.Pb/c14-12-8-10(6-7-11(12)13(15)16)9-4-2-1-3-5-9;/h2-8,15-16H;. The monoisotopic (exact) mass is 423 g/mol. The normalized spacial score (nSPS) is 10.4. The van der Waals surface area contributed by atoms with E-state index in [4.69, 9.17) is 10.0 Å². The molecule has 0 aromatic heterocycles. The van der Waals surface area contributed by atoms with E-state index in [1.54, 1.807) is 6.07 Å². The van der Waals surface area contributed by atoms with Crippen molar-refractivity contribution >= 4 is 41.5 Å². The van der Waals surface area contributed by atoms with Gasteiger partial charge in [0.2, 0.25) is 0 Å². The first-order chi connectivity index (χ1) is 8.08. The van der Waals surface area contributed by atoms with Gasteiger partial charge in [0.25, 0.3) is 0 Å². The van der Waals surface area contributed by atoms with E-state index in [9.17, 15) is 4.39 Å². The molecule has 0 aliphatic rings. The van der Waals surface area contributed by atoms with Gasteiger partial charge >= 0.3 is 115 Å². The van der Waals surface area contributed by atoms with E-state index in [2.05, 4.69) is 0 Å². The van der Waals surface area contributed by atoms with Crippen molar-refractivity contribution in [3.05, 3.63) is 48.3 Å². The molecule has 83 valence electrons. The predicted molar refractivity (Wildman–Crippen MR) is 67.0 cm³/mol. The van der Waals surface area contributed by atoms with Gasteiger partial charge in [0.15, 0.2) is 0 Å². The van der Waals surface area contributed by atoms with E-state index >= 15 is 0 Å². The molecule has 0 aliphatic heterocycles. The number of benzene rings is 2. The van der Waals surface area contributed by atoms with Crippen molar-refractivity contribution < 1.29 is 14.4 Å². The van der Waals surface area contributed by atoms with Gasteiger partial charge in [0.1, 0.15) is 0 Å². The molecule has 2 nitrogen and oxygen atoms in total. The summed E-state index contributed by atoms with van der Waals surface area (Å²) in [6.45, 7) is 0. The third kappa shape index (κ3) is 2.94. The molecular formula is C12H9BFO2Pb. The Labute approximate surface area is 115 Å².